The van der Waals surface area contributed by atoms with Gasteiger partial charge in [-0.1, -0.05) is 29.3 Å². The molecule has 9 heteroatoms. The molecule has 1 aliphatic heterocycles. The number of carbonyl (C=O) groups excluding carboxylic acids is 1. The van der Waals surface area contributed by atoms with Crippen molar-refractivity contribution < 1.29 is 9.72 Å². The van der Waals surface area contributed by atoms with E-state index in [2.05, 4.69) is 10.6 Å². The maximum absolute atomic E-state index is 13.1. The highest BCUT2D eigenvalue weighted by Gasteiger charge is 2.31. The van der Waals surface area contributed by atoms with Crippen LogP contribution in [0.3, 0.4) is 0 Å². The molecule has 1 atom stereocenters. The topological polar surface area (TPSA) is 84.3 Å². The zero-order valence-corrected chi connectivity index (χ0v) is 16.3. The van der Waals surface area contributed by atoms with Gasteiger partial charge in [-0.15, -0.1) is 0 Å². The third kappa shape index (κ3) is 3.95. The molecule has 1 heterocycles. The summed E-state index contributed by atoms with van der Waals surface area (Å²) in [5.41, 5.74) is 1.69. The van der Waals surface area contributed by atoms with E-state index in [-0.39, 0.29) is 16.5 Å². The van der Waals surface area contributed by atoms with E-state index in [1.54, 1.807) is 37.3 Å². The number of nitro benzene ring substituents is 1. The summed E-state index contributed by atoms with van der Waals surface area (Å²) in [6.07, 6.45) is 0. The Balaban J connectivity index is 2.10. The van der Waals surface area contributed by atoms with E-state index >= 15 is 0 Å². The number of rotatable bonds is 4. The lowest BCUT2D eigenvalue weighted by atomic mass is 9.89. The standard InChI is InChI=1S/C18H13Cl2N3O3S/c1-9-15(17(24)10-2-5-12(19)6-3-10)16(22-18(27)21-9)11-4-7-13(20)14(8-11)23(25)26/h2-8,16H,1H3,(H2,21,22,27). The van der Waals surface area contributed by atoms with E-state index in [0.29, 0.717) is 32.5 Å². The number of Topliss-reactive ketones (excluding diaryl/α,β-unsaturated/α-hetero) is 1. The molecule has 2 aromatic carbocycles. The summed E-state index contributed by atoms with van der Waals surface area (Å²) in [5, 5.41) is 18.0. The lowest BCUT2D eigenvalue weighted by Gasteiger charge is -2.30. The second kappa shape index (κ2) is 7.64. The van der Waals surface area contributed by atoms with Crippen LogP contribution in [0.4, 0.5) is 5.69 Å². The number of hydrogen-bond donors (Lipinski definition) is 2. The van der Waals surface area contributed by atoms with Gasteiger partial charge in [-0.3, -0.25) is 14.9 Å². The lowest BCUT2D eigenvalue weighted by Crippen LogP contribution is -2.44. The molecule has 0 bridgehead atoms. The molecule has 1 unspecified atom stereocenters. The van der Waals surface area contributed by atoms with Crippen LogP contribution in [0.2, 0.25) is 10.0 Å². The molecule has 2 aromatic rings. The van der Waals surface area contributed by atoms with Gasteiger partial charge in [0.05, 0.1) is 11.0 Å². The van der Waals surface area contributed by atoms with Gasteiger partial charge in [0.25, 0.3) is 5.69 Å². The molecule has 6 nitrogen and oxygen atoms in total. The van der Waals surface area contributed by atoms with Crippen molar-refractivity contribution in [1.82, 2.24) is 10.6 Å². The van der Waals surface area contributed by atoms with Crippen molar-refractivity contribution >= 4 is 52.0 Å². The molecular formula is C18H13Cl2N3O3S. The summed E-state index contributed by atoms with van der Waals surface area (Å²) in [6.45, 7) is 1.73. The quantitative estimate of drug-likeness (QED) is 0.325. The van der Waals surface area contributed by atoms with Gasteiger partial charge in [-0.2, -0.15) is 0 Å². The van der Waals surface area contributed by atoms with Crippen molar-refractivity contribution in [2.45, 2.75) is 13.0 Å². The lowest BCUT2D eigenvalue weighted by molar-refractivity contribution is -0.384. The number of benzene rings is 2. The van der Waals surface area contributed by atoms with Crippen molar-refractivity contribution in [1.29, 1.82) is 0 Å². The molecule has 2 N–H and O–H groups in total. The first kappa shape index (κ1) is 19.3. The molecule has 0 aliphatic carbocycles. The highest BCUT2D eigenvalue weighted by atomic mass is 35.5. The van der Waals surface area contributed by atoms with E-state index in [9.17, 15) is 14.9 Å². The van der Waals surface area contributed by atoms with Crippen molar-refractivity contribution in [2.24, 2.45) is 0 Å². The second-order valence-corrected chi connectivity index (χ2v) is 7.13. The summed E-state index contributed by atoms with van der Waals surface area (Å²) in [7, 11) is 0. The fourth-order valence-electron chi connectivity index (χ4n) is 2.85. The van der Waals surface area contributed by atoms with Crippen LogP contribution in [-0.2, 0) is 0 Å². The molecule has 3 rings (SSSR count). The van der Waals surface area contributed by atoms with Gasteiger partial charge in [0.1, 0.15) is 5.02 Å². The Bertz CT molecular complexity index is 990. The summed E-state index contributed by atoms with van der Waals surface area (Å²) in [4.78, 5) is 23.8. The smallest absolute Gasteiger partial charge is 0.288 e. The van der Waals surface area contributed by atoms with Gasteiger partial charge in [-0.25, -0.2) is 0 Å². The minimum absolute atomic E-state index is 0.0199. The van der Waals surface area contributed by atoms with Crippen LogP contribution in [0.25, 0.3) is 0 Å². The van der Waals surface area contributed by atoms with Crippen molar-refractivity contribution in [3.8, 4) is 0 Å². The molecule has 138 valence electrons. The Labute approximate surface area is 170 Å². The third-order valence-corrected chi connectivity index (χ3v) is 4.91. The predicted molar refractivity (Wildman–Crippen MR) is 108 cm³/mol. The maximum Gasteiger partial charge on any atom is 0.288 e. The van der Waals surface area contributed by atoms with Crippen LogP contribution in [-0.4, -0.2) is 15.8 Å². The van der Waals surface area contributed by atoms with Crippen molar-refractivity contribution in [2.75, 3.05) is 0 Å². The van der Waals surface area contributed by atoms with Gasteiger partial charge in [0, 0.05) is 27.9 Å². The van der Waals surface area contributed by atoms with Crippen LogP contribution in [0.15, 0.2) is 53.7 Å². The van der Waals surface area contributed by atoms with Crippen molar-refractivity contribution in [3.63, 3.8) is 0 Å². The van der Waals surface area contributed by atoms with Gasteiger partial charge < -0.3 is 10.6 Å². The molecule has 1 aliphatic rings. The van der Waals surface area contributed by atoms with E-state index in [0.717, 1.165) is 0 Å². The monoisotopic (exact) mass is 421 g/mol. The van der Waals surface area contributed by atoms with Gasteiger partial charge in [0.15, 0.2) is 10.9 Å². The Morgan fingerprint density at radius 1 is 1.19 bits per heavy atom. The van der Waals surface area contributed by atoms with Gasteiger partial charge >= 0.3 is 0 Å². The SMILES string of the molecule is CC1=C(C(=O)c2ccc(Cl)cc2)C(c2ccc(Cl)c([N+](=O)[O-])c2)NC(=S)N1. The Hall–Kier alpha value is -2.48. The Morgan fingerprint density at radius 3 is 2.48 bits per heavy atom. The molecular weight excluding hydrogens is 409 g/mol. The normalized spacial score (nSPS) is 16.6. The summed E-state index contributed by atoms with van der Waals surface area (Å²) >= 11 is 17.0. The number of nitro groups is 1. The average molecular weight is 422 g/mol. The first-order valence-electron chi connectivity index (χ1n) is 7.80. The highest BCUT2D eigenvalue weighted by Crippen LogP contribution is 2.34. The fraction of sp³-hybridized carbons (Fsp3) is 0.111. The Morgan fingerprint density at radius 2 is 1.85 bits per heavy atom. The Kier molecular flexibility index (Phi) is 5.46. The summed E-state index contributed by atoms with van der Waals surface area (Å²) in [6, 6.07) is 10.3. The van der Waals surface area contributed by atoms with E-state index in [1.165, 1.54) is 12.1 Å². The molecule has 0 aromatic heterocycles. The van der Waals surface area contributed by atoms with E-state index < -0.39 is 11.0 Å². The second-order valence-electron chi connectivity index (χ2n) is 5.87. The predicted octanol–water partition coefficient (Wildman–Crippen LogP) is 4.58. The van der Waals surface area contributed by atoms with E-state index in [1.807, 2.05) is 0 Å². The first-order valence-corrected chi connectivity index (χ1v) is 8.96. The van der Waals surface area contributed by atoms with Crippen LogP contribution < -0.4 is 10.6 Å². The van der Waals surface area contributed by atoms with Gasteiger partial charge in [-0.05, 0) is 55.0 Å². The number of allylic oxidation sites excluding steroid dienone is 1. The highest BCUT2D eigenvalue weighted by molar-refractivity contribution is 7.80. The van der Waals surface area contributed by atoms with Crippen LogP contribution in [0.5, 0.6) is 0 Å². The van der Waals surface area contributed by atoms with E-state index in [4.69, 9.17) is 35.4 Å². The van der Waals surface area contributed by atoms with Crippen molar-refractivity contribution in [3.05, 3.63) is 85.0 Å². The summed E-state index contributed by atoms with van der Waals surface area (Å²) in [5.74, 6) is -0.241. The minimum atomic E-state index is -0.655. The molecule has 0 radical (unpaired) electrons. The largest absolute Gasteiger partial charge is 0.351 e. The van der Waals surface area contributed by atoms with Crippen LogP contribution in [0, 0.1) is 10.1 Å². The van der Waals surface area contributed by atoms with Crippen LogP contribution in [0.1, 0.15) is 28.9 Å². The number of carbonyl (C=O) groups is 1. The molecule has 0 saturated carbocycles. The van der Waals surface area contributed by atoms with Crippen LogP contribution >= 0.6 is 35.4 Å². The first-order chi connectivity index (χ1) is 12.8. The third-order valence-electron chi connectivity index (χ3n) is 4.12. The number of ketones is 1. The van der Waals surface area contributed by atoms with Gasteiger partial charge in [0.2, 0.25) is 0 Å². The maximum atomic E-state index is 13.1. The number of nitrogens with zero attached hydrogens (tertiary/aromatic N) is 1. The minimum Gasteiger partial charge on any atom is -0.351 e. The zero-order valence-electron chi connectivity index (χ0n) is 14.0. The molecule has 0 spiro atoms. The molecule has 27 heavy (non-hydrogen) atoms. The molecule has 0 fully saturated rings. The molecule has 0 saturated heterocycles. The fourth-order valence-corrected chi connectivity index (χ4v) is 3.43. The number of thiocarbonyl (C=S) groups is 1. The number of hydrogen-bond acceptors (Lipinski definition) is 4. The number of halogens is 2. The molecule has 0 amide bonds. The summed E-state index contributed by atoms with van der Waals surface area (Å²) < 4.78 is 0. The average Bonchev–Trinajstić information content (AvgIpc) is 2.61. The number of nitrogens with one attached hydrogen (secondary N) is 2. The zero-order chi connectivity index (χ0) is 19.7.